The van der Waals surface area contributed by atoms with Gasteiger partial charge < -0.3 is 10.6 Å². The number of carbonyl (C=O) groups is 1. The molecular weight excluding hydrogens is 419 g/mol. The molecule has 0 fully saturated rings. The molecule has 0 radical (unpaired) electrons. The fourth-order valence-electron chi connectivity index (χ4n) is 3.80. The van der Waals surface area contributed by atoms with E-state index in [1.807, 2.05) is 44.2 Å². The Kier molecular flexibility index (Phi) is 5.90. The molecule has 2 atom stereocenters. The molecule has 0 spiro atoms. The number of nitrogens with zero attached hydrogens (tertiary/aromatic N) is 3. The molecule has 32 heavy (non-hydrogen) atoms. The number of fused-ring (bicyclic) bond motifs is 1. The second-order valence-electron chi connectivity index (χ2n) is 7.95. The van der Waals surface area contributed by atoms with Crippen molar-refractivity contribution in [2.24, 2.45) is 0 Å². The van der Waals surface area contributed by atoms with Crippen molar-refractivity contribution < 1.29 is 18.0 Å². The van der Waals surface area contributed by atoms with Crippen LogP contribution >= 0.6 is 0 Å². The molecule has 0 bridgehead atoms. The van der Waals surface area contributed by atoms with E-state index in [0.717, 1.165) is 27.8 Å². The van der Waals surface area contributed by atoms with Gasteiger partial charge in [-0.15, -0.1) is 0 Å². The van der Waals surface area contributed by atoms with Crippen molar-refractivity contribution >= 4 is 11.7 Å². The van der Waals surface area contributed by atoms with Crippen molar-refractivity contribution in [1.82, 2.24) is 20.1 Å². The van der Waals surface area contributed by atoms with E-state index in [1.54, 1.807) is 12.3 Å². The van der Waals surface area contributed by atoms with Crippen LogP contribution in [0, 0.1) is 6.92 Å². The molecule has 1 aliphatic rings. The van der Waals surface area contributed by atoms with Crippen molar-refractivity contribution in [3.63, 3.8) is 0 Å². The Morgan fingerprint density at radius 1 is 1.19 bits per heavy atom. The minimum atomic E-state index is -4.50. The maximum absolute atomic E-state index is 13.8. The number of hydrogen-bond donors (Lipinski definition) is 2. The molecule has 2 N–H and O–H groups in total. The Balaban J connectivity index is 1.60. The normalized spacial score (nSPS) is 18.0. The Labute approximate surface area is 183 Å². The number of benzene rings is 1. The number of hydrogen-bond acceptors (Lipinski definition) is 4. The van der Waals surface area contributed by atoms with Gasteiger partial charge in [-0.05, 0) is 36.1 Å². The second kappa shape index (κ2) is 8.64. The van der Waals surface area contributed by atoms with Crippen molar-refractivity contribution in [2.75, 3.05) is 5.32 Å². The molecule has 3 aromatic rings. The number of rotatable bonds is 5. The summed E-state index contributed by atoms with van der Waals surface area (Å²) >= 11 is 0. The fraction of sp³-hybridized carbons (Fsp3) is 0.348. The third kappa shape index (κ3) is 4.46. The predicted octanol–water partition coefficient (Wildman–Crippen LogP) is 4.74. The van der Waals surface area contributed by atoms with Crippen molar-refractivity contribution in [1.29, 1.82) is 0 Å². The molecular formula is C23H24F3N5O. The van der Waals surface area contributed by atoms with Crippen molar-refractivity contribution in [2.45, 2.75) is 51.5 Å². The zero-order valence-corrected chi connectivity index (χ0v) is 17.8. The number of pyridine rings is 1. The van der Waals surface area contributed by atoms with Crippen LogP contribution < -0.4 is 10.6 Å². The SMILES string of the molecule is CCc1ccc(C2CC(C(F)(F)F)n3ncc(C(=O)NCc4ccc(C)cn4)c3N2)cc1. The number of aromatic nitrogens is 3. The van der Waals surface area contributed by atoms with Gasteiger partial charge in [0.15, 0.2) is 6.04 Å². The number of carbonyl (C=O) groups excluding carboxylic acids is 1. The van der Waals surface area contributed by atoms with Gasteiger partial charge in [0.05, 0.1) is 24.5 Å². The number of halogens is 3. The average molecular weight is 443 g/mol. The number of nitrogens with one attached hydrogen (secondary N) is 2. The molecule has 1 aliphatic heterocycles. The molecule has 2 unspecified atom stereocenters. The van der Waals surface area contributed by atoms with Gasteiger partial charge in [0.1, 0.15) is 11.4 Å². The van der Waals surface area contributed by atoms with E-state index in [0.29, 0.717) is 5.69 Å². The quantitative estimate of drug-likeness (QED) is 0.598. The lowest BCUT2D eigenvalue weighted by molar-refractivity contribution is -0.173. The van der Waals surface area contributed by atoms with Crippen LogP contribution in [-0.4, -0.2) is 26.8 Å². The molecule has 1 aromatic carbocycles. The molecule has 1 amide bonds. The van der Waals surface area contributed by atoms with E-state index in [1.165, 1.54) is 6.20 Å². The molecule has 0 saturated heterocycles. The first-order valence-electron chi connectivity index (χ1n) is 10.5. The standard InChI is InChI=1S/C23H24F3N5O/c1-3-15-5-7-16(8-6-15)19-10-20(23(24,25)26)31-21(30-19)18(13-29-31)22(32)28-12-17-9-4-14(2)11-27-17/h4-9,11,13,19-20,30H,3,10,12H2,1-2H3,(H,28,32). The van der Waals surface area contributed by atoms with Gasteiger partial charge >= 0.3 is 6.18 Å². The first-order chi connectivity index (χ1) is 15.3. The maximum Gasteiger partial charge on any atom is 0.410 e. The third-order valence-corrected chi connectivity index (χ3v) is 5.68. The Morgan fingerprint density at radius 2 is 1.94 bits per heavy atom. The van der Waals surface area contributed by atoms with Crippen molar-refractivity contribution in [3.05, 3.63) is 76.7 Å². The number of amides is 1. The van der Waals surface area contributed by atoms with Crippen LogP contribution in [0.5, 0.6) is 0 Å². The number of anilines is 1. The molecule has 2 aromatic heterocycles. The Bertz CT molecular complexity index is 1090. The third-order valence-electron chi connectivity index (χ3n) is 5.68. The smallest absolute Gasteiger partial charge is 0.363 e. The van der Waals surface area contributed by atoms with Crippen LogP contribution in [0.25, 0.3) is 0 Å². The molecule has 4 rings (SSSR count). The highest BCUT2D eigenvalue weighted by Gasteiger charge is 2.47. The first-order valence-corrected chi connectivity index (χ1v) is 10.5. The van der Waals surface area contributed by atoms with Crippen LogP contribution in [0.3, 0.4) is 0 Å². The molecule has 168 valence electrons. The molecule has 6 nitrogen and oxygen atoms in total. The van der Waals surface area contributed by atoms with Gasteiger partial charge in [-0.1, -0.05) is 37.3 Å². The summed E-state index contributed by atoms with van der Waals surface area (Å²) in [6.07, 6.45) is -0.993. The lowest BCUT2D eigenvalue weighted by Gasteiger charge is -2.34. The summed E-state index contributed by atoms with van der Waals surface area (Å²) in [7, 11) is 0. The highest BCUT2D eigenvalue weighted by Crippen LogP contribution is 2.44. The van der Waals surface area contributed by atoms with E-state index in [9.17, 15) is 18.0 Å². The van der Waals surface area contributed by atoms with Crippen LogP contribution in [0.1, 0.15) is 58.2 Å². The summed E-state index contributed by atoms with van der Waals surface area (Å²) in [5, 5.41) is 9.74. The van der Waals surface area contributed by atoms with Gasteiger partial charge in [0, 0.05) is 12.6 Å². The van der Waals surface area contributed by atoms with E-state index in [4.69, 9.17) is 0 Å². The lowest BCUT2D eigenvalue weighted by Crippen LogP contribution is -2.36. The van der Waals surface area contributed by atoms with Crippen LogP contribution in [0.4, 0.5) is 19.0 Å². The largest absolute Gasteiger partial charge is 0.410 e. The highest BCUT2D eigenvalue weighted by molar-refractivity contribution is 5.98. The average Bonchev–Trinajstić information content (AvgIpc) is 3.21. The molecule has 0 aliphatic carbocycles. The highest BCUT2D eigenvalue weighted by atomic mass is 19.4. The predicted molar refractivity (Wildman–Crippen MR) is 114 cm³/mol. The summed E-state index contributed by atoms with van der Waals surface area (Å²) in [6, 6.07) is 8.73. The second-order valence-corrected chi connectivity index (χ2v) is 7.95. The van der Waals surface area contributed by atoms with E-state index < -0.39 is 24.2 Å². The van der Waals surface area contributed by atoms with Gasteiger partial charge in [-0.3, -0.25) is 9.78 Å². The number of alkyl halides is 3. The molecule has 3 heterocycles. The minimum Gasteiger partial charge on any atom is -0.363 e. The summed E-state index contributed by atoms with van der Waals surface area (Å²) in [5.74, 6) is -0.443. The summed E-state index contributed by atoms with van der Waals surface area (Å²) in [4.78, 5) is 17.0. The molecule has 9 heteroatoms. The first kappa shape index (κ1) is 21.9. The maximum atomic E-state index is 13.8. The minimum absolute atomic E-state index is 0.0671. The lowest BCUT2D eigenvalue weighted by atomic mass is 9.95. The van der Waals surface area contributed by atoms with Crippen LogP contribution in [0.15, 0.2) is 48.8 Å². The summed E-state index contributed by atoms with van der Waals surface area (Å²) in [5.41, 5.74) is 3.55. The molecule has 0 saturated carbocycles. The van der Waals surface area contributed by atoms with Crippen LogP contribution in [0.2, 0.25) is 0 Å². The zero-order chi connectivity index (χ0) is 22.9. The zero-order valence-electron chi connectivity index (χ0n) is 17.8. The van der Waals surface area contributed by atoms with Gasteiger partial charge in [-0.25, -0.2) is 4.68 Å². The van der Waals surface area contributed by atoms with E-state index in [2.05, 4.69) is 20.7 Å². The Hall–Kier alpha value is -3.36. The van der Waals surface area contributed by atoms with Crippen molar-refractivity contribution in [3.8, 4) is 0 Å². The number of aryl methyl sites for hydroxylation is 2. The summed E-state index contributed by atoms with van der Waals surface area (Å²) < 4.78 is 42.4. The Morgan fingerprint density at radius 3 is 2.56 bits per heavy atom. The monoisotopic (exact) mass is 443 g/mol. The van der Waals surface area contributed by atoms with Gasteiger partial charge in [0.2, 0.25) is 0 Å². The fourth-order valence-corrected chi connectivity index (χ4v) is 3.80. The topological polar surface area (TPSA) is 71.8 Å². The van der Waals surface area contributed by atoms with Crippen LogP contribution in [-0.2, 0) is 13.0 Å². The van der Waals surface area contributed by atoms with E-state index in [-0.39, 0.29) is 24.3 Å². The van der Waals surface area contributed by atoms with Gasteiger partial charge in [-0.2, -0.15) is 18.3 Å². The summed E-state index contributed by atoms with van der Waals surface area (Å²) in [6.45, 7) is 4.08. The van der Waals surface area contributed by atoms with E-state index >= 15 is 0 Å². The van der Waals surface area contributed by atoms with Gasteiger partial charge in [0.25, 0.3) is 5.91 Å².